The van der Waals surface area contributed by atoms with Crippen LogP contribution in [-0.2, 0) is 12.7 Å². The number of nitrogens with two attached hydrogens (primary N) is 1. The number of thiophene rings is 1. The van der Waals surface area contributed by atoms with Crippen molar-refractivity contribution in [1.29, 1.82) is 0 Å². The first-order valence-electron chi connectivity index (χ1n) is 11.5. The summed E-state index contributed by atoms with van der Waals surface area (Å²) in [6, 6.07) is 9.26. The van der Waals surface area contributed by atoms with Crippen LogP contribution in [-0.4, -0.2) is 26.5 Å². The number of primary amides is 1. The molecule has 3 aromatic heterocycles. The van der Waals surface area contributed by atoms with Gasteiger partial charge in [0.15, 0.2) is 0 Å². The van der Waals surface area contributed by atoms with Crippen LogP contribution in [0.2, 0.25) is 0 Å². The third-order valence-electron chi connectivity index (χ3n) is 6.32. The Hall–Kier alpha value is -3.44. The van der Waals surface area contributed by atoms with E-state index in [0.29, 0.717) is 23.1 Å². The number of carbonyl (C=O) groups excluding carboxylic acids is 1. The van der Waals surface area contributed by atoms with E-state index in [2.05, 4.69) is 15.3 Å². The molecular weight excluding hydrogens is 491 g/mol. The van der Waals surface area contributed by atoms with Gasteiger partial charge in [-0.3, -0.25) is 14.3 Å². The lowest BCUT2D eigenvalue weighted by atomic mass is 9.93. The van der Waals surface area contributed by atoms with Crippen molar-refractivity contribution in [2.75, 3.05) is 0 Å². The Kier molecular flexibility index (Phi) is 6.44. The fraction of sp³-hybridized carbons (Fsp3) is 0.320. The molecule has 11 heteroatoms. The first-order valence-corrected chi connectivity index (χ1v) is 12.3. The van der Waals surface area contributed by atoms with Gasteiger partial charge in [0.05, 0.1) is 23.0 Å². The lowest BCUT2D eigenvalue weighted by molar-refractivity contribution is -0.138. The highest BCUT2D eigenvalue weighted by Gasteiger charge is 2.35. The highest BCUT2D eigenvalue weighted by Crippen LogP contribution is 2.39. The number of hydrogen-bond donors (Lipinski definition) is 2. The Morgan fingerprint density at radius 2 is 2.06 bits per heavy atom. The van der Waals surface area contributed by atoms with Gasteiger partial charge in [0, 0.05) is 24.2 Å². The summed E-state index contributed by atoms with van der Waals surface area (Å²) in [7, 11) is 0. The molecule has 0 radical (unpaired) electrons. The standard InChI is InChI=1S/C25H24F3N5O2S/c1-14(17-7-2-3-8-18(17)25(26,27)28)35-21-10-22(36-23(21)24(29)34)33-13-32-19-12-31-16(9-20(19)33)11-30-15-5-4-6-15/h2-3,7-10,12-15,30H,4-6,11H2,1H3,(H2,29,34)/t14-/m1/s1. The van der Waals surface area contributed by atoms with Crippen LogP contribution >= 0.6 is 11.3 Å². The smallest absolute Gasteiger partial charge is 0.416 e. The van der Waals surface area contributed by atoms with Crippen molar-refractivity contribution in [3.8, 4) is 10.8 Å². The number of fused-ring (bicyclic) bond motifs is 1. The number of nitrogens with zero attached hydrogens (tertiary/aromatic N) is 3. The molecule has 0 aliphatic heterocycles. The maximum Gasteiger partial charge on any atom is 0.416 e. The SMILES string of the molecule is C[C@@H](Oc1cc(-n2cnc3cnc(CNC4CCC4)cc32)sc1C(N)=O)c1ccccc1C(F)(F)F. The monoisotopic (exact) mass is 515 g/mol. The van der Waals surface area contributed by atoms with Gasteiger partial charge in [-0.25, -0.2) is 4.98 Å². The van der Waals surface area contributed by atoms with Crippen molar-refractivity contribution in [3.05, 3.63) is 70.6 Å². The lowest BCUT2D eigenvalue weighted by Crippen LogP contribution is -2.34. The van der Waals surface area contributed by atoms with Crippen LogP contribution in [0.15, 0.2) is 48.9 Å². The second-order valence-electron chi connectivity index (χ2n) is 8.78. The van der Waals surface area contributed by atoms with E-state index in [-0.39, 0.29) is 16.2 Å². The molecule has 4 aromatic rings. The number of amides is 1. The first-order chi connectivity index (χ1) is 17.2. The summed E-state index contributed by atoms with van der Waals surface area (Å²) in [5, 5.41) is 4.08. The van der Waals surface area contributed by atoms with Crippen LogP contribution in [0.1, 0.15) is 58.8 Å². The largest absolute Gasteiger partial charge is 0.484 e. The number of imidazole rings is 1. The third-order valence-corrected chi connectivity index (χ3v) is 7.45. The van der Waals surface area contributed by atoms with E-state index < -0.39 is 23.8 Å². The van der Waals surface area contributed by atoms with Crippen molar-refractivity contribution in [2.45, 2.75) is 51.1 Å². The van der Waals surface area contributed by atoms with Crippen LogP contribution in [0.5, 0.6) is 5.75 Å². The molecular formula is C25H24F3N5O2S. The molecule has 1 amide bonds. The molecule has 5 rings (SSSR count). The normalized spacial score (nSPS) is 15.1. The predicted octanol–water partition coefficient (Wildman–Crippen LogP) is 5.38. The number of ether oxygens (including phenoxy) is 1. The van der Waals surface area contributed by atoms with E-state index in [1.54, 1.807) is 23.2 Å². The van der Waals surface area contributed by atoms with E-state index >= 15 is 0 Å². The number of halogens is 3. The zero-order valence-electron chi connectivity index (χ0n) is 19.4. The summed E-state index contributed by atoms with van der Waals surface area (Å²) >= 11 is 1.09. The third kappa shape index (κ3) is 4.80. The topological polar surface area (TPSA) is 95.1 Å². The van der Waals surface area contributed by atoms with E-state index in [1.807, 2.05) is 6.07 Å². The molecule has 1 saturated carbocycles. The summed E-state index contributed by atoms with van der Waals surface area (Å²) in [5.41, 5.74) is 7.08. The molecule has 1 aliphatic rings. The summed E-state index contributed by atoms with van der Waals surface area (Å²) in [4.78, 5) is 21.2. The molecule has 3 N–H and O–H groups in total. The van der Waals surface area contributed by atoms with Crippen LogP contribution < -0.4 is 15.8 Å². The van der Waals surface area contributed by atoms with Gasteiger partial charge in [-0.2, -0.15) is 13.2 Å². The summed E-state index contributed by atoms with van der Waals surface area (Å²) < 4.78 is 48.2. The minimum Gasteiger partial charge on any atom is -0.484 e. The maximum atomic E-state index is 13.5. The van der Waals surface area contributed by atoms with Crippen molar-refractivity contribution in [1.82, 2.24) is 19.9 Å². The molecule has 3 heterocycles. The van der Waals surface area contributed by atoms with Crippen molar-refractivity contribution in [2.24, 2.45) is 5.73 Å². The Bertz CT molecular complexity index is 1410. The Balaban J connectivity index is 1.45. The van der Waals surface area contributed by atoms with Gasteiger partial charge in [-0.1, -0.05) is 24.6 Å². The molecule has 1 aromatic carbocycles. The number of alkyl halides is 3. The van der Waals surface area contributed by atoms with Crippen LogP contribution in [0.4, 0.5) is 13.2 Å². The van der Waals surface area contributed by atoms with Crippen molar-refractivity contribution < 1.29 is 22.7 Å². The fourth-order valence-corrected chi connectivity index (χ4v) is 5.12. The van der Waals surface area contributed by atoms with Crippen LogP contribution in [0, 0.1) is 0 Å². The molecule has 36 heavy (non-hydrogen) atoms. The molecule has 0 spiro atoms. The molecule has 0 unspecified atom stereocenters. The van der Waals surface area contributed by atoms with E-state index in [4.69, 9.17) is 10.5 Å². The molecule has 0 bridgehead atoms. The van der Waals surface area contributed by atoms with Crippen LogP contribution in [0.3, 0.4) is 0 Å². The minimum atomic E-state index is -4.53. The van der Waals surface area contributed by atoms with Gasteiger partial charge in [-0.05, 0) is 31.9 Å². The quantitative estimate of drug-likeness (QED) is 0.329. The molecule has 1 aliphatic carbocycles. The lowest BCUT2D eigenvalue weighted by Gasteiger charge is -2.26. The number of carbonyl (C=O) groups is 1. The molecule has 7 nitrogen and oxygen atoms in total. The zero-order valence-corrected chi connectivity index (χ0v) is 20.2. The maximum absolute atomic E-state index is 13.5. The summed E-state index contributed by atoms with van der Waals surface area (Å²) in [5.74, 6) is -0.608. The van der Waals surface area contributed by atoms with Gasteiger partial charge in [0.2, 0.25) is 0 Å². The number of nitrogens with one attached hydrogen (secondary N) is 1. The zero-order chi connectivity index (χ0) is 25.4. The summed E-state index contributed by atoms with van der Waals surface area (Å²) in [6.45, 7) is 2.14. The van der Waals surface area contributed by atoms with E-state index in [9.17, 15) is 18.0 Å². The minimum absolute atomic E-state index is 0.0315. The van der Waals surface area contributed by atoms with Crippen LogP contribution in [0.25, 0.3) is 16.0 Å². The highest BCUT2D eigenvalue weighted by atomic mass is 32.1. The highest BCUT2D eigenvalue weighted by molar-refractivity contribution is 7.16. The van der Waals surface area contributed by atoms with Gasteiger partial charge in [-0.15, -0.1) is 11.3 Å². The molecule has 1 fully saturated rings. The second kappa shape index (κ2) is 9.55. The average molecular weight is 516 g/mol. The number of hydrogen-bond acceptors (Lipinski definition) is 6. The van der Waals surface area contributed by atoms with Crippen molar-refractivity contribution in [3.63, 3.8) is 0 Å². The van der Waals surface area contributed by atoms with Gasteiger partial charge < -0.3 is 15.8 Å². The second-order valence-corrected chi connectivity index (χ2v) is 9.81. The molecule has 188 valence electrons. The first kappa shape index (κ1) is 24.3. The van der Waals surface area contributed by atoms with E-state index in [1.165, 1.54) is 44.4 Å². The molecule has 1 atom stereocenters. The number of aromatic nitrogens is 3. The summed E-state index contributed by atoms with van der Waals surface area (Å²) in [6.07, 6.45) is 1.37. The average Bonchev–Trinajstić information content (AvgIpc) is 3.41. The number of pyridine rings is 1. The Labute approximate surface area is 209 Å². The predicted molar refractivity (Wildman–Crippen MR) is 130 cm³/mol. The number of rotatable bonds is 8. The van der Waals surface area contributed by atoms with Crippen molar-refractivity contribution >= 4 is 28.3 Å². The van der Waals surface area contributed by atoms with Gasteiger partial charge in [0.25, 0.3) is 5.91 Å². The van der Waals surface area contributed by atoms with Gasteiger partial charge in [0.1, 0.15) is 33.6 Å². The van der Waals surface area contributed by atoms with E-state index in [0.717, 1.165) is 28.6 Å². The molecule has 0 saturated heterocycles. The Morgan fingerprint density at radius 1 is 1.28 bits per heavy atom. The fourth-order valence-electron chi connectivity index (χ4n) is 4.19. The Morgan fingerprint density at radius 3 is 2.75 bits per heavy atom. The van der Waals surface area contributed by atoms with Gasteiger partial charge >= 0.3 is 6.18 Å². The number of benzene rings is 1.